The molecule has 0 radical (unpaired) electrons. The fourth-order valence-electron chi connectivity index (χ4n) is 1.04. The molecule has 0 aliphatic heterocycles. The Hall–Kier alpha value is -0.610. The third-order valence-corrected chi connectivity index (χ3v) is 2.82. The summed E-state index contributed by atoms with van der Waals surface area (Å²) in [6, 6.07) is 5.92. The first kappa shape index (κ1) is 8.97. The van der Waals surface area contributed by atoms with E-state index < -0.39 is 0 Å². The predicted molar refractivity (Wildman–Crippen MR) is 57.3 cm³/mol. The van der Waals surface area contributed by atoms with Crippen molar-refractivity contribution in [3.05, 3.63) is 39.8 Å². The number of nitrogens with zero attached hydrogens (tertiary/aromatic N) is 1. The topological polar surface area (TPSA) is 26.0 Å². The molecule has 1 aromatic carbocycles. The summed E-state index contributed by atoms with van der Waals surface area (Å²) >= 11 is 6.85. The lowest BCUT2D eigenvalue weighted by Crippen LogP contribution is -1.79. The molecule has 1 heterocycles. The Morgan fingerprint density at radius 1 is 1.23 bits per heavy atom. The highest BCUT2D eigenvalue weighted by molar-refractivity contribution is 9.11. The van der Waals surface area contributed by atoms with Gasteiger partial charge in [-0.1, -0.05) is 31.9 Å². The molecule has 0 unspecified atom stereocenters. The summed E-state index contributed by atoms with van der Waals surface area (Å²) in [5, 5.41) is 0. The molecule has 0 atom stereocenters. The molecule has 2 nitrogen and oxygen atoms in total. The van der Waals surface area contributed by atoms with E-state index in [2.05, 4.69) is 36.8 Å². The first-order valence-electron chi connectivity index (χ1n) is 3.61. The Morgan fingerprint density at radius 3 is 2.77 bits per heavy atom. The van der Waals surface area contributed by atoms with E-state index in [1.807, 2.05) is 18.2 Å². The van der Waals surface area contributed by atoms with Crippen molar-refractivity contribution in [2.45, 2.75) is 0 Å². The van der Waals surface area contributed by atoms with Gasteiger partial charge in [0.25, 0.3) is 0 Å². The zero-order chi connectivity index (χ0) is 9.26. The molecule has 0 aliphatic carbocycles. The smallest absolute Gasteiger partial charge is 0.181 e. The summed E-state index contributed by atoms with van der Waals surface area (Å²) in [4.78, 5) is 4.07. The molecule has 66 valence electrons. The van der Waals surface area contributed by atoms with Crippen LogP contribution in [0.25, 0.3) is 11.3 Å². The van der Waals surface area contributed by atoms with Gasteiger partial charge >= 0.3 is 0 Å². The highest BCUT2D eigenvalue weighted by Gasteiger charge is 2.05. The third-order valence-electron chi connectivity index (χ3n) is 1.64. The molecule has 0 aliphatic rings. The molecule has 2 aromatic rings. The summed E-state index contributed by atoms with van der Waals surface area (Å²) in [5.74, 6) is 0. The lowest BCUT2D eigenvalue weighted by Gasteiger charge is -2.00. The largest absolute Gasteiger partial charge is 0.451 e. The number of halogens is 2. The van der Waals surface area contributed by atoms with Crippen LogP contribution in [0.2, 0.25) is 0 Å². The summed E-state index contributed by atoms with van der Waals surface area (Å²) in [5.41, 5.74) is 1.84. The summed E-state index contributed by atoms with van der Waals surface area (Å²) < 4.78 is 6.94. The average molecular weight is 303 g/mol. The van der Waals surface area contributed by atoms with Gasteiger partial charge in [0.15, 0.2) is 6.39 Å². The summed E-state index contributed by atoms with van der Waals surface area (Å²) in [6.07, 6.45) is 3.04. The Bertz CT molecular complexity index is 412. The van der Waals surface area contributed by atoms with Gasteiger partial charge in [-0.2, -0.15) is 0 Å². The Labute approximate surface area is 92.2 Å². The van der Waals surface area contributed by atoms with Crippen LogP contribution in [0.1, 0.15) is 0 Å². The van der Waals surface area contributed by atoms with Crippen LogP contribution in [-0.2, 0) is 0 Å². The fourth-order valence-corrected chi connectivity index (χ4v) is 1.85. The summed E-state index contributed by atoms with van der Waals surface area (Å²) in [7, 11) is 0. The van der Waals surface area contributed by atoms with Crippen molar-refractivity contribution in [3.8, 4) is 11.3 Å². The molecular weight excluding hydrogens is 298 g/mol. The zero-order valence-corrected chi connectivity index (χ0v) is 9.67. The Morgan fingerprint density at radius 2 is 2.08 bits per heavy atom. The van der Waals surface area contributed by atoms with Crippen molar-refractivity contribution in [3.63, 3.8) is 0 Å². The molecule has 0 bridgehead atoms. The average Bonchev–Trinajstić information content (AvgIpc) is 2.61. The van der Waals surface area contributed by atoms with Crippen molar-refractivity contribution in [2.75, 3.05) is 0 Å². The zero-order valence-electron chi connectivity index (χ0n) is 6.50. The van der Waals surface area contributed by atoms with Gasteiger partial charge in [0.05, 0.1) is 0 Å². The van der Waals surface area contributed by atoms with E-state index in [1.165, 1.54) is 6.39 Å². The SMILES string of the molecule is Brc1ccc(Br)c(-c2cocn2)c1. The van der Waals surface area contributed by atoms with Gasteiger partial charge in [-0.25, -0.2) is 4.98 Å². The van der Waals surface area contributed by atoms with Crippen LogP contribution in [0.5, 0.6) is 0 Å². The van der Waals surface area contributed by atoms with Gasteiger partial charge in [0.1, 0.15) is 12.0 Å². The quantitative estimate of drug-likeness (QED) is 0.799. The van der Waals surface area contributed by atoms with Crippen molar-refractivity contribution in [2.24, 2.45) is 0 Å². The third kappa shape index (κ3) is 1.84. The molecule has 0 N–H and O–H groups in total. The molecule has 0 saturated carbocycles. The first-order valence-corrected chi connectivity index (χ1v) is 5.19. The number of rotatable bonds is 1. The van der Waals surface area contributed by atoms with E-state index in [0.717, 1.165) is 20.2 Å². The maximum Gasteiger partial charge on any atom is 0.181 e. The molecule has 0 saturated heterocycles. The van der Waals surface area contributed by atoms with Crippen LogP contribution in [0.3, 0.4) is 0 Å². The van der Waals surface area contributed by atoms with Gasteiger partial charge in [0.2, 0.25) is 0 Å². The molecule has 13 heavy (non-hydrogen) atoms. The normalized spacial score (nSPS) is 10.3. The second-order valence-electron chi connectivity index (χ2n) is 2.50. The maximum absolute atomic E-state index is 4.92. The first-order chi connectivity index (χ1) is 6.27. The summed E-state index contributed by atoms with van der Waals surface area (Å²) in [6.45, 7) is 0. The van der Waals surface area contributed by atoms with Crippen LogP contribution >= 0.6 is 31.9 Å². The van der Waals surface area contributed by atoms with Gasteiger partial charge in [-0.15, -0.1) is 0 Å². The number of benzene rings is 1. The second-order valence-corrected chi connectivity index (χ2v) is 4.27. The van der Waals surface area contributed by atoms with Crippen LogP contribution in [0.15, 0.2) is 44.2 Å². The minimum Gasteiger partial charge on any atom is -0.451 e. The van der Waals surface area contributed by atoms with Crippen molar-refractivity contribution >= 4 is 31.9 Å². The highest BCUT2D eigenvalue weighted by Crippen LogP contribution is 2.29. The van der Waals surface area contributed by atoms with E-state index in [0.29, 0.717) is 0 Å². The fraction of sp³-hybridized carbons (Fsp3) is 0. The minimum absolute atomic E-state index is 0.827. The minimum atomic E-state index is 0.827. The number of hydrogen-bond acceptors (Lipinski definition) is 2. The molecule has 2 rings (SSSR count). The van der Waals surface area contributed by atoms with Crippen LogP contribution < -0.4 is 0 Å². The monoisotopic (exact) mass is 301 g/mol. The van der Waals surface area contributed by atoms with Gasteiger partial charge in [-0.3, -0.25) is 0 Å². The van der Waals surface area contributed by atoms with Crippen LogP contribution in [-0.4, -0.2) is 4.98 Å². The second kappa shape index (κ2) is 3.64. The molecular formula is C9H5Br2NO. The molecule has 0 fully saturated rings. The van der Waals surface area contributed by atoms with E-state index in [-0.39, 0.29) is 0 Å². The van der Waals surface area contributed by atoms with Gasteiger partial charge in [0, 0.05) is 14.5 Å². The van der Waals surface area contributed by atoms with Crippen LogP contribution in [0.4, 0.5) is 0 Å². The lowest BCUT2D eigenvalue weighted by molar-refractivity contribution is 0.558. The van der Waals surface area contributed by atoms with Crippen molar-refractivity contribution in [1.82, 2.24) is 4.98 Å². The highest BCUT2D eigenvalue weighted by atomic mass is 79.9. The number of aromatic nitrogens is 1. The number of hydrogen-bond donors (Lipinski definition) is 0. The molecule has 0 spiro atoms. The van der Waals surface area contributed by atoms with E-state index in [9.17, 15) is 0 Å². The molecule has 0 amide bonds. The van der Waals surface area contributed by atoms with Crippen molar-refractivity contribution in [1.29, 1.82) is 0 Å². The Kier molecular flexibility index (Phi) is 2.51. The lowest BCUT2D eigenvalue weighted by atomic mass is 10.2. The molecule has 1 aromatic heterocycles. The number of oxazole rings is 1. The predicted octanol–water partition coefficient (Wildman–Crippen LogP) is 3.87. The standard InChI is InChI=1S/C9H5Br2NO/c10-6-1-2-8(11)7(3-6)9-4-13-5-12-9/h1-5H. The Balaban J connectivity index is 2.57. The van der Waals surface area contributed by atoms with Gasteiger partial charge < -0.3 is 4.42 Å². The van der Waals surface area contributed by atoms with E-state index in [4.69, 9.17) is 4.42 Å². The van der Waals surface area contributed by atoms with Gasteiger partial charge in [-0.05, 0) is 18.2 Å². The van der Waals surface area contributed by atoms with Crippen LogP contribution in [0, 0.1) is 0 Å². The van der Waals surface area contributed by atoms with E-state index in [1.54, 1.807) is 6.26 Å². The van der Waals surface area contributed by atoms with Crippen molar-refractivity contribution < 1.29 is 4.42 Å². The molecule has 4 heteroatoms. The maximum atomic E-state index is 4.92. The van der Waals surface area contributed by atoms with E-state index >= 15 is 0 Å².